The quantitative estimate of drug-likeness (QED) is 0.384. The van der Waals surface area contributed by atoms with Crippen LogP contribution in [0.5, 0.6) is 0 Å². The van der Waals surface area contributed by atoms with Gasteiger partial charge in [-0.05, 0) is 13.3 Å². The van der Waals surface area contributed by atoms with E-state index in [1.165, 1.54) is 32.6 Å². The molecule has 0 aromatic rings. The Labute approximate surface area is 103 Å². The van der Waals surface area contributed by atoms with Crippen LogP contribution in [0.2, 0.25) is 0 Å². The zero-order valence-electron chi connectivity index (χ0n) is 10.9. The van der Waals surface area contributed by atoms with Crippen LogP contribution >= 0.6 is 0 Å². The molecule has 1 atom stereocenters. The average Bonchev–Trinajstić information content (AvgIpc) is 2.27. The van der Waals surface area contributed by atoms with Crippen LogP contribution in [0.4, 0.5) is 0 Å². The number of aliphatic hydroxyl groups excluding tert-OH is 1. The summed E-state index contributed by atoms with van der Waals surface area (Å²) in [5.41, 5.74) is 0. The van der Waals surface area contributed by atoms with Crippen LogP contribution in [0, 0.1) is 0 Å². The van der Waals surface area contributed by atoms with E-state index in [9.17, 15) is 9.59 Å². The smallest absolute Gasteiger partial charge is 0.342 e. The number of esters is 2. The summed E-state index contributed by atoms with van der Waals surface area (Å²) in [5, 5.41) is 8.84. The lowest BCUT2D eigenvalue weighted by Crippen LogP contribution is -2.22. The van der Waals surface area contributed by atoms with Crippen molar-refractivity contribution >= 4 is 11.9 Å². The molecule has 0 spiro atoms. The molecule has 1 unspecified atom stereocenters. The molecule has 0 radical (unpaired) electrons. The molecule has 0 bridgehead atoms. The minimum absolute atomic E-state index is 0.256. The molecule has 4 heteroatoms. The van der Waals surface area contributed by atoms with Crippen molar-refractivity contribution < 1.29 is 19.4 Å². The number of hydrogen-bond donors (Lipinski definition) is 1. The van der Waals surface area contributed by atoms with Crippen molar-refractivity contribution in [2.45, 2.75) is 71.3 Å². The number of aliphatic hydroxyl groups is 1. The summed E-state index contributed by atoms with van der Waals surface area (Å²) in [5.74, 6) is -1.40. The first-order valence-electron chi connectivity index (χ1n) is 6.50. The lowest BCUT2D eigenvalue weighted by Gasteiger charge is -2.04. The van der Waals surface area contributed by atoms with E-state index in [-0.39, 0.29) is 6.42 Å². The Morgan fingerprint density at radius 2 is 1.59 bits per heavy atom. The monoisotopic (exact) mass is 244 g/mol. The summed E-state index contributed by atoms with van der Waals surface area (Å²) < 4.78 is 4.43. The molecule has 0 amide bonds. The van der Waals surface area contributed by atoms with Crippen molar-refractivity contribution in [3.63, 3.8) is 0 Å². The van der Waals surface area contributed by atoms with Crippen molar-refractivity contribution in [3.8, 4) is 0 Å². The van der Waals surface area contributed by atoms with E-state index in [1.54, 1.807) is 0 Å². The maximum Gasteiger partial charge on any atom is 0.342 e. The number of carbonyl (C=O) groups is 2. The van der Waals surface area contributed by atoms with Gasteiger partial charge in [0.15, 0.2) is 0 Å². The topological polar surface area (TPSA) is 63.6 Å². The SMILES string of the molecule is CCCCCCCCCC(=O)OC(=O)C(C)O. The summed E-state index contributed by atoms with van der Waals surface area (Å²) in [6.07, 6.45) is 6.84. The maximum atomic E-state index is 11.1. The minimum Gasteiger partial charge on any atom is -0.391 e. The summed E-state index contributed by atoms with van der Waals surface area (Å²) in [6, 6.07) is 0. The highest BCUT2D eigenvalue weighted by molar-refractivity contribution is 5.87. The van der Waals surface area contributed by atoms with Gasteiger partial charge in [0.2, 0.25) is 0 Å². The van der Waals surface area contributed by atoms with Crippen LogP contribution in [0.3, 0.4) is 0 Å². The third-order valence-electron chi connectivity index (χ3n) is 2.54. The van der Waals surface area contributed by atoms with E-state index in [1.807, 2.05) is 0 Å². The van der Waals surface area contributed by atoms with E-state index in [2.05, 4.69) is 11.7 Å². The number of hydrogen-bond acceptors (Lipinski definition) is 4. The van der Waals surface area contributed by atoms with Crippen molar-refractivity contribution in [3.05, 3.63) is 0 Å². The van der Waals surface area contributed by atoms with Crippen LogP contribution in [0.1, 0.15) is 65.2 Å². The second-order valence-electron chi connectivity index (χ2n) is 4.34. The summed E-state index contributed by atoms with van der Waals surface area (Å²) >= 11 is 0. The van der Waals surface area contributed by atoms with Gasteiger partial charge in [0.25, 0.3) is 0 Å². The standard InChI is InChI=1S/C13H24O4/c1-3-4-5-6-7-8-9-10-12(15)17-13(16)11(2)14/h11,14H,3-10H2,1-2H3. The Morgan fingerprint density at radius 1 is 1.06 bits per heavy atom. The fourth-order valence-electron chi connectivity index (χ4n) is 1.47. The minimum atomic E-state index is -1.23. The van der Waals surface area contributed by atoms with Gasteiger partial charge in [-0.1, -0.05) is 45.4 Å². The molecule has 100 valence electrons. The molecule has 0 saturated carbocycles. The molecule has 4 nitrogen and oxygen atoms in total. The van der Waals surface area contributed by atoms with Crippen LogP contribution < -0.4 is 0 Å². The Morgan fingerprint density at radius 3 is 2.12 bits per heavy atom. The molecule has 0 aliphatic rings. The van der Waals surface area contributed by atoms with Crippen LogP contribution in [-0.4, -0.2) is 23.1 Å². The highest BCUT2D eigenvalue weighted by Gasteiger charge is 2.14. The predicted octanol–water partition coefficient (Wildman–Crippen LogP) is 2.58. The first-order valence-corrected chi connectivity index (χ1v) is 6.50. The molecule has 0 rings (SSSR count). The molecular weight excluding hydrogens is 220 g/mol. The highest BCUT2D eigenvalue weighted by Crippen LogP contribution is 2.08. The van der Waals surface area contributed by atoms with Crippen molar-refractivity contribution in [1.29, 1.82) is 0 Å². The van der Waals surface area contributed by atoms with Gasteiger partial charge in [0.05, 0.1) is 0 Å². The van der Waals surface area contributed by atoms with Crippen molar-refractivity contribution in [2.24, 2.45) is 0 Å². The molecule has 1 N–H and O–H groups in total. The molecule has 0 fully saturated rings. The van der Waals surface area contributed by atoms with E-state index in [4.69, 9.17) is 5.11 Å². The van der Waals surface area contributed by atoms with Crippen LogP contribution in [0.25, 0.3) is 0 Å². The third-order valence-corrected chi connectivity index (χ3v) is 2.54. The molecule has 0 aromatic carbocycles. The Bertz CT molecular complexity index is 223. The van der Waals surface area contributed by atoms with Gasteiger partial charge >= 0.3 is 11.9 Å². The molecule has 0 aliphatic heterocycles. The summed E-state index contributed by atoms with van der Waals surface area (Å²) in [7, 11) is 0. The highest BCUT2D eigenvalue weighted by atomic mass is 16.6. The average molecular weight is 244 g/mol. The summed E-state index contributed by atoms with van der Waals surface area (Å²) in [6.45, 7) is 3.46. The molecular formula is C13H24O4. The van der Waals surface area contributed by atoms with Crippen LogP contribution in [-0.2, 0) is 14.3 Å². The Hall–Kier alpha value is -0.900. The molecule has 0 aromatic heterocycles. The number of unbranched alkanes of at least 4 members (excludes halogenated alkanes) is 6. The molecule has 0 saturated heterocycles. The fraction of sp³-hybridized carbons (Fsp3) is 0.846. The predicted molar refractivity (Wildman–Crippen MR) is 65.4 cm³/mol. The Kier molecular flexibility index (Phi) is 9.72. The van der Waals surface area contributed by atoms with Gasteiger partial charge in [-0.25, -0.2) is 4.79 Å². The van der Waals surface area contributed by atoms with Gasteiger partial charge in [-0.3, -0.25) is 4.79 Å². The van der Waals surface area contributed by atoms with Gasteiger partial charge in [0, 0.05) is 6.42 Å². The molecule has 0 aliphatic carbocycles. The third kappa shape index (κ3) is 10.00. The maximum absolute atomic E-state index is 11.1. The lowest BCUT2D eigenvalue weighted by molar-refractivity contribution is -0.165. The lowest BCUT2D eigenvalue weighted by atomic mass is 10.1. The van der Waals surface area contributed by atoms with E-state index >= 15 is 0 Å². The summed E-state index contributed by atoms with van der Waals surface area (Å²) in [4.78, 5) is 22.0. The van der Waals surface area contributed by atoms with E-state index in [0.717, 1.165) is 19.3 Å². The first-order chi connectivity index (χ1) is 8.07. The van der Waals surface area contributed by atoms with Crippen molar-refractivity contribution in [2.75, 3.05) is 0 Å². The normalized spacial score (nSPS) is 12.2. The van der Waals surface area contributed by atoms with Crippen molar-refractivity contribution in [1.82, 2.24) is 0 Å². The molecule has 0 heterocycles. The number of carbonyl (C=O) groups excluding carboxylic acids is 2. The van der Waals surface area contributed by atoms with E-state index in [0.29, 0.717) is 0 Å². The Balaban J connectivity index is 3.36. The zero-order valence-corrected chi connectivity index (χ0v) is 10.9. The van der Waals surface area contributed by atoms with Gasteiger partial charge in [0.1, 0.15) is 6.10 Å². The van der Waals surface area contributed by atoms with Gasteiger partial charge in [-0.2, -0.15) is 0 Å². The van der Waals surface area contributed by atoms with E-state index < -0.39 is 18.0 Å². The number of ether oxygens (including phenoxy) is 1. The zero-order chi connectivity index (χ0) is 13.1. The second-order valence-corrected chi connectivity index (χ2v) is 4.34. The van der Waals surface area contributed by atoms with Crippen LogP contribution in [0.15, 0.2) is 0 Å². The first kappa shape index (κ1) is 16.1. The fourth-order valence-corrected chi connectivity index (χ4v) is 1.47. The van der Waals surface area contributed by atoms with Gasteiger partial charge in [-0.15, -0.1) is 0 Å². The molecule has 17 heavy (non-hydrogen) atoms. The second kappa shape index (κ2) is 10.3. The number of rotatable bonds is 9. The largest absolute Gasteiger partial charge is 0.391 e. The van der Waals surface area contributed by atoms with Gasteiger partial charge < -0.3 is 9.84 Å².